The predicted molar refractivity (Wildman–Crippen MR) is 81.4 cm³/mol. The summed E-state index contributed by atoms with van der Waals surface area (Å²) in [7, 11) is 0. The summed E-state index contributed by atoms with van der Waals surface area (Å²) in [5.41, 5.74) is 1.59. The largest absolute Gasteiger partial charge is 0.466 e. The highest BCUT2D eigenvalue weighted by atomic mass is 32.1. The Labute approximate surface area is 126 Å². The van der Waals surface area contributed by atoms with E-state index in [2.05, 4.69) is 4.98 Å². The van der Waals surface area contributed by atoms with Crippen molar-refractivity contribution in [3.63, 3.8) is 0 Å². The van der Waals surface area contributed by atoms with Crippen molar-refractivity contribution < 1.29 is 14.3 Å². The van der Waals surface area contributed by atoms with Crippen LogP contribution in [0.1, 0.15) is 30.3 Å². The number of ether oxygens (including phenoxy) is 1. The first-order valence-corrected chi connectivity index (χ1v) is 8.09. The Bertz CT molecular complexity index is 632. The van der Waals surface area contributed by atoms with Crippen LogP contribution in [0.25, 0.3) is 10.2 Å². The topological polar surface area (TPSA) is 62.4 Å². The van der Waals surface area contributed by atoms with E-state index in [0.717, 1.165) is 23.1 Å². The second-order valence-corrected chi connectivity index (χ2v) is 6.17. The first kappa shape index (κ1) is 14.1. The Kier molecular flexibility index (Phi) is 3.96. The normalized spacial score (nSPS) is 18.9. The average molecular weight is 306 g/mol. The highest BCUT2D eigenvalue weighted by molar-refractivity contribution is 7.17. The summed E-state index contributed by atoms with van der Waals surface area (Å²) in [6, 6.07) is 3.85. The number of rotatable bonds is 3. The number of nitrogens with zero attached hydrogens (tertiary/aromatic N) is 1. The van der Waals surface area contributed by atoms with E-state index < -0.39 is 0 Å². The van der Waals surface area contributed by atoms with E-state index in [9.17, 15) is 9.59 Å². The zero-order valence-electron chi connectivity index (χ0n) is 11.9. The molecule has 1 fully saturated rings. The molecule has 0 radical (unpaired) electrons. The Morgan fingerprint density at radius 1 is 1.52 bits per heavy atom. The van der Waals surface area contributed by atoms with Crippen LogP contribution < -0.4 is 0 Å². The van der Waals surface area contributed by atoms with Gasteiger partial charge in [-0.2, -0.15) is 0 Å². The number of amides is 1. The molecule has 0 saturated carbocycles. The molecule has 3 rings (SSSR count). The van der Waals surface area contributed by atoms with E-state index in [1.165, 1.54) is 0 Å². The van der Waals surface area contributed by atoms with Gasteiger partial charge in [0.25, 0.3) is 5.91 Å². The fourth-order valence-corrected chi connectivity index (χ4v) is 3.53. The van der Waals surface area contributed by atoms with E-state index in [-0.39, 0.29) is 17.8 Å². The second-order valence-electron chi connectivity index (χ2n) is 5.22. The molecule has 0 spiro atoms. The van der Waals surface area contributed by atoms with E-state index in [4.69, 9.17) is 4.74 Å². The van der Waals surface area contributed by atoms with Crippen molar-refractivity contribution in [2.75, 3.05) is 19.7 Å². The van der Waals surface area contributed by atoms with Crippen molar-refractivity contribution in [1.29, 1.82) is 0 Å². The molecule has 1 N–H and O–H groups in total. The Hall–Kier alpha value is -1.82. The van der Waals surface area contributed by atoms with E-state index in [0.29, 0.717) is 25.4 Å². The molecule has 21 heavy (non-hydrogen) atoms. The van der Waals surface area contributed by atoms with Crippen LogP contribution in [0, 0.1) is 5.92 Å². The average Bonchev–Trinajstić information content (AvgIpc) is 3.08. The van der Waals surface area contributed by atoms with Gasteiger partial charge in [-0.15, -0.1) is 11.3 Å². The number of nitrogens with one attached hydrogen (secondary N) is 1. The van der Waals surface area contributed by atoms with Gasteiger partial charge in [-0.05, 0) is 37.3 Å². The number of hydrogen-bond acceptors (Lipinski definition) is 4. The predicted octanol–water partition coefficient (Wildman–Crippen LogP) is 2.64. The molecule has 6 heteroatoms. The lowest BCUT2D eigenvalue weighted by Crippen LogP contribution is -2.42. The van der Waals surface area contributed by atoms with Crippen LogP contribution in [0.2, 0.25) is 0 Å². The first-order chi connectivity index (χ1) is 10.2. The van der Waals surface area contributed by atoms with Crippen molar-refractivity contribution in [3.05, 3.63) is 23.2 Å². The SMILES string of the molecule is CCOC(=O)C1CCCN(C(=O)c2cc3sccc3[nH]2)C1. The van der Waals surface area contributed by atoms with Gasteiger partial charge < -0.3 is 14.6 Å². The van der Waals surface area contributed by atoms with Crippen LogP contribution in [0.4, 0.5) is 0 Å². The third-order valence-corrected chi connectivity index (χ3v) is 4.66. The summed E-state index contributed by atoms with van der Waals surface area (Å²) in [4.78, 5) is 29.3. The number of esters is 1. The van der Waals surface area contributed by atoms with Gasteiger partial charge in [0, 0.05) is 13.1 Å². The van der Waals surface area contributed by atoms with Crippen LogP contribution in [0.3, 0.4) is 0 Å². The minimum absolute atomic E-state index is 0.0348. The Balaban J connectivity index is 1.72. The first-order valence-electron chi connectivity index (χ1n) is 7.21. The summed E-state index contributed by atoms with van der Waals surface area (Å²) in [5, 5.41) is 1.99. The maximum absolute atomic E-state index is 12.5. The highest BCUT2D eigenvalue weighted by Crippen LogP contribution is 2.24. The molecule has 112 valence electrons. The van der Waals surface area contributed by atoms with Crippen LogP contribution in [-0.2, 0) is 9.53 Å². The number of hydrogen-bond donors (Lipinski definition) is 1. The van der Waals surface area contributed by atoms with E-state index in [1.54, 1.807) is 23.2 Å². The zero-order valence-corrected chi connectivity index (χ0v) is 12.7. The maximum atomic E-state index is 12.5. The van der Waals surface area contributed by atoms with Crippen molar-refractivity contribution in [3.8, 4) is 0 Å². The summed E-state index contributed by atoms with van der Waals surface area (Å²) in [6.45, 7) is 3.33. The van der Waals surface area contributed by atoms with Crippen molar-refractivity contribution in [2.24, 2.45) is 5.92 Å². The molecule has 2 aromatic heterocycles. The third kappa shape index (κ3) is 2.81. The van der Waals surface area contributed by atoms with Crippen LogP contribution in [0.5, 0.6) is 0 Å². The molecular weight excluding hydrogens is 288 g/mol. The molecule has 0 aromatic carbocycles. The molecular formula is C15H18N2O3S. The minimum atomic E-state index is -0.196. The van der Waals surface area contributed by atoms with Crippen LogP contribution in [0.15, 0.2) is 17.5 Å². The smallest absolute Gasteiger partial charge is 0.310 e. The molecule has 1 unspecified atom stereocenters. The van der Waals surface area contributed by atoms with Crippen LogP contribution in [-0.4, -0.2) is 41.5 Å². The number of fused-ring (bicyclic) bond motifs is 1. The molecule has 3 heterocycles. The minimum Gasteiger partial charge on any atom is -0.466 e. The number of thiophene rings is 1. The van der Waals surface area contributed by atoms with Gasteiger partial charge in [-0.3, -0.25) is 9.59 Å². The zero-order chi connectivity index (χ0) is 14.8. The molecule has 1 aliphatic rings. The van der Waals surface area contributed by atoms with Crippen molar-refractivity contribution in [1.82, 2.24) is 9.88 Å². The maximum Gasteiger partial charge on any atom is 0.310 e. The number of aromatic amines is 1. The quantitative estimate of drug-likeness (QED) is 0.887. The number of H-pyrrole nitrogens is 1. The van der Waals surface area contributed by atoms with Gasteiger partial charge in [0.2, 0.25) is 0 Å². The summed E-state index contributed by atoms with van der Waals surface area (Å²) in [5.74, 6) is -0.423. The number of piperidine rings is 1. The lowest BCUT2D eigenvalue weighted by atomic mass is 9.98. The number of carbonyl (C=O) groups excluding carboxylic acids is 2. The lowest BCUT2D eigenvalue weighted by Gasteiger charge is -2.31. The second kappa shape index (κ2) is 5.89. The Morgan fingerprint density at radius 2 is 2.38 bits per heavy atom. The third-order valence-electron chi connectivity index (χ3n) is 3.80. The number of likely N-dealkylation sites (tertiary alicyclic amines) is 1. The van der Waals surface area contributed by atoms with Gasteiger partial charge in [0.15, 0.2) is 0 Å². The fourth-order valence-electron chi connectivity index (χ4n) is 2.75. The standard InChI is InChI=1S/C15H18N2O3S/c1-2-20-15(19)10-4-3-6-17(9-10)14(18)12-8-13-11(16-12)5-7-21-13/h5,7-8,10,16H,2-4,6,9H2,1H3. The summed E-state index contributed by atoms with van der Waals surface area (Å²) < 4.78 is 6.15. The monoisotopic (exact) mass is 306 g/mol. The molecule has 1 aliphatic heterocycles. The molecule has 1 saturated heterocycles. The number of aromatic nitrogens is 1. The number of carbonyl (C=O) groups is 2. The molecule has 1 atom stereocenters. The molecule has 1 amide bonds. The Morgan fingerprint density at radius 3 is 3.14 bits per heavy atom. The molecule has 0 aliphatic carbocycles. The van der Waals surface area contributed by atoms with E-state index >= 15 is 0 Å². The van der Waals surface area contributed by atoms with E-state index in [1.807, 2.05) is 17.5 Å². The molecule has 5 nitrogen and oxygen atoms in total. The van der Waals surface area contributed by atoms with Crippen molar-refractivity contribution >= 4 is 33.4 Å². The van der Waals surface area contributed by atoms with Gasteiger partial charge in [0.05, 0.1) is 22.7 Å². The molecule has 2 aromatic rings. The van der Waals surface area contributed by atoms with Gasteiger partial charge in [0.1, 0.15) is 5.69 Å². The van der Waals surface area contributed by atoms with Gasteiger partial charge in [-0.25, -0.2) is 0 Å². The van der Waals surface area contributed by atoms with Crippen LogP contribution >= 0.6 is 11.3 Å². The summed E-state index contributed by atoms with van der Waals surface area (Å²) in [6.07, 6.45) is 1.63. The highest BCUT2D eigenvalue weighted by Gasteiger charge is 2.30. The lowest BCUT2D eigenvalue weighted by molar-refractivity contribution is -0.149. The van der Waals surface area contributed by atoms with Crippen molar-refractivity contribution in [2.45, 2.75) is 19.8 Å². The summed E-state index contributed by atoms with van der Waals surface area (Å²) >= 11 is 1.61. The van der Waals surface area contributed by atoms with Gasteiger partial charge in [-0.1, -0.05) is 0 Å². The fraction of sp³-hybridized carbons (Fsp3) is 0.467. The van der Waals surface area contributed by atoms with Gasteiger partial charge >= 0.3 is 5.97 Å². The molecule has 0 bridgehead atoms.